The first-order valence-corrected chi connectivity index (χ1v) is 7.16. The van der Waals surface area contributed by atoms with E-state index in [1.54, 1.807) is 12.1 Å². The lowest BCUT2D eigenvalue weighted by Gasteiger charge is -2.09. The molecule has 1 aromatic carbocycles. The maximum Gasteiger partial charge on any atom is 0.338 e. The molecule has 0 atom stereocenters. The van der Waals surface area contributed by atoms with Gasteiger partial charge in [0, 0.05) is 29.4 Å². The molecular weight excluding hydrogens is 294 g/mol. The molecular formula is C18H15NO4. The smallest absolute Gasteiger partial charge is 0.338 e. The van der Waals surface area contributed by atoms with Crippen molar-refractivity contribution in [2.45, 2.75) is 20.5 Å². The Morgan fingerprint density at radius 3 is 2.65 bits per heavy atom. The number of ether oxygens (including phenoxy) is 1. The van der Waals surface area contributed by atoms with Crippen LogP contribution in [-0.2, 0) is 11.3 Å². The van der Waals surface area contributed by atoms with E-state index in [4.69, 9.17) is 9.15 Å². The number of rotatable bonds is 3. The van der Waals surface area contributed by atoms with Crippen molar-refractivity contribution in [1.29, 1.82) is 0 Å². The number of hydrogen-bond acceptors (Lipinski definition) is 5. The zero-order valence-corrected chi connectivity index (χ0v) is 12.8. The van der Waals surface area contributed by atoms with Gasteiger partial charge in [0.05, 0.1) is 5.56 Å². The van der Waals surface area contributed by atoms with Crippen LogP contribution in [0.3, 0.4) is 0 Å². The highest BCUT2D eigenvalue weighted by atomic mass is 16.5. The van der Waals surface area contributed by atoms with Gasteiger partial charge in [0.25, 0.3) is 0 Å². The summed E-state index contributed by atoms with van der Waals surface area (Å²) >= 11 is 0. The van der Waals surface area contributed by atoms with Crippen molar-refractivity contribution in [1.82, 2.24) is 4.98 Å². The summed E-state index contributed by atoms with van der Waals surface area (Å²) in [4.78, 5) is 27.6. The molecule has 0 aliphatic heterocycles. The molecule has 5 nitrogen and oxygen atoms in total. The number of aromatic nitrogens is 1. The van der Waals surface area contributed by atoms with E-state index < -0.39 is 11.6 Å². The van der Waals surface area contributed by atoms with Gasteiger partial charge in [-0.3, -0.25) is 4.98 Å². The number of benzene rings is 1. The fourth-order valence-corrected chi connectivity index (χ4v) is 2.36. The third-order valence-corrected chi connectivity index (χ3v) is 3.79. The van der Waals surface area contributed by atoms with Crippen LogP contribution in [0.25, 0.3) is 11.0 Å². The first-order valence-electron chi connectivity index (χ1n) is 7.16. The summed E-state index contributed by atoms with van der Waals surface area (Å²) in [6.07, 6.45) is 3.05. The largest absolute Gasteiger partial charge is 0.457 e. The summed E-state index contributed by atoms with van der Waals surface area (Å²) in [7, 11) is 0. The van der Waals surface area contributed by atoms with E-state index >= 15 is 0 Å². The Morgan fingerprint density at radius 1 is 1.17 bits per heavy atom. The number of carbonyl (C=O) groups excluding carboxylic acids is 1. The number of fused-ring (bicyclic) bond motifs is 1. The summed E-state index contributed by atoms with van der Waals surface area (Å²) in [5, 5.41) is 0.773. The summed E-state index contributed by atoms with van der Waals surface area (Å²) in [5.74, 6) is -0.461. The summed E-state index contributed by atoms with van der Waals surface area (Å²) in [5.41, 5.74) is 3.06. The molecule has 5 heteroatoms. The highest BCUT2D eigenvalue weighted by Gasteiger charge is 2.12. The van der Waals surface area contributed by atoms with Crippen LogP contribution in [0, 0.1) is 13.8 Å². The Hall–Kier alpha value is -2.95. The summed E-state index contributed by atoms with van der Waals surface area (Å²) < 4.78 is 10.6. The van der Waals surface area contributed by atoms with Crippen molar-refractivity contribution >= 4 is 16.9 Å². The average Bonchev–Trinajstić information content (AvgIpc) is 2.57. The average molecular weight is 309 g/mol. The number of pyridine rings is 1. The molecule has 0 saturated carbocycles. The van der Waals surface area contributed by atoms with Crippen LogP contribution < -0.4 is 5.63 Å². The van der Waals surface area contributed by atoms with Crippen molar-refractivity contribution in [3.63, 3.8) is 0 Å². The highest BCUT2D eigenvalue weighted by molar-refractivity contribution is 5.89. The monoisotopic (exact) mass is 309 g/mol. The number of esters is 1. The van der Waals surface area contributed by atoms with Crippen LogP contribution in [0.4, 0.5) is 0 Å². The first-order chi connectivity index (χ1) is 11.1. The van der Waals surface area contributed by atoms with Crippen molar-refractivity contribution in [3.8, 4) is 0 Å². The Bertz CT molecular complexity index is 929. The Morgan fingerprint density at radius 2 is 1.91 bits per heavy atom. The van der Waals surface area contributed by atoms with Crippen molar-refractivity contribution in [3.05, 3.63) is 75.4 Å². The van der Waals surface area contributed by atoms with Gasteiger partial charge in [0.1, 0.15) is 12.2 Å². The minimum absolute atomic E-state index is 0.00571. The Balaban J connectivity index is 1.93. The van der Waals surface area contributed by atoms with Crippen LogP contribution >= 0.6 is 0 Å². The molecule has 0 fully saturated rings. The quantitative estimate of drug-likeness (QED) is 0.549. The van der Waals surface area contributed by atoms with Crippen molar-refractivity contribution in [2.24, 2.45) is 0 Å². The van der Waals surface area contributed by atoms with E-state index in [9.17, 15) is 9.59 Å². The zero-order chi connectivity index (χ0) is 16.4. The van der Waals surface area contributed by atoms with Gasteiger partial charge in [-0.15, -0.1) is 0 Å². The third-order valence-electron chi connectivity index (χ3n) is 3.79. The van der Waals surface area contributed by atoms with E-state index in [0.717, 1.165) is 16.5 Å². The zero-order valence-electron chi connectivity index (χ0n) is 12.8. The van der Waals surface area contributed by atoms with Gasteiger partial charge in [-0.25, -0.2) is 9.59 Å². The molecule has 2 aromatic heterocycles. The van der Waals surface area contributed by atoms with Crippen LogP contribution in [0.1, 0.15) is 27.0 Å². The molecule has 116 valence electrons. The van der Waals surface area contributed by atoms with Crippen molar-refractivity contribution < 1.29 is 13.9 Å². The minimum Gasteiger partial charge on any atom is -0.457 e. The third kappa shape index (κ3) is 2.99. The number of carbonyl (C=O) groups is 1. The Kier molecular flexibility index (Phi) is 3.93. The van der Waals surface area contributed by atoms with Crippen LogP contribution in [0.2, 0.25) is 0 Å². The predicted molar refractivity (Wildman–Crippen MR) is 85.3 cm³/mol. The van der Waals surface area contributed by atoms with Gasteiger partial charge < -0.3 is 9.15 Å². The molecule has 0 aliphatic carbocycles. The molecule has 3 rings (SSSR count). The summed E-state index contributed by atoms with van der Waals surface area (Å²) in [6.45, 7) is 3.85. The first kappa shape index (κ1) is 15.0. The number of hydrogen-bond donors (Lipinski definition) is 0. The Labute approximate surface area is 132 Å². The van der Waals surface area contributed by atoms with E-state index in [1.165, 1.54) is 18.5 Å². The SMILES string of the molecule is Cc1ccc2c(COC(=O)c3ccncc3)cc(=O)oc2c1C. The number of nitrogens with zero attached hydrogens (tertiary/aromatic N) is 1. The topological polar surface area (TPSA) is 69.4 Å². The van der Waals surface area contributed by atoms with Gasteiger partial charge in [-0.1, -0.05) is 12.1 Å². The van der Waals surface area contributed by atoms with Gasteiger partial charge in [0.15, 0.2) is 0 Å². The second kappa shape index (κ2) is 6.04. The van der Waals surface area contributed by atoms with Gasteiger partial charge in [0.2, 0.25) is 0 Å². The second-order valence-corrected chi connectivity index (χ2v) is 5.29. The normalized spacial score (nSPS) is 10.7. The second-order valence-electron chi connectivity index (χ2n) is 5.29. The molecule has 0 aliphatic rings. The van der Waals surface area contributed by atoms with Crippen molar-refractivity contribution in [2.75, 3.05) is 0 Å². The minimum atomic E-state index is -0.461. The van der Waals surface area contributed by atoms with Crippen LogP contribution in [0.5, 0.6) is 0 Å². The lowest BCUT2D eigenvalue weighted by molar-refractivity contribution is 0.0473. The molecule has 0 N–H and O–H groups in total. The molecule has 3 aromatic rings. The molecule has 0 spiro atoms. The van der Waals surface area contributed by atoms with E-state index in [2.05, 4.69) is 4.98 Å². The predicted octanol–water partition coefficient (Wildman–Crippen LogP) is 3.16. The van der Waals surface area contributed by atoms with Crippen LogP contribution in [0.15, 0.2) is 51.9 Å². The standard InChI is InChI=1S/C18H15NO4/c1-11-3-4-15-14(9-16(20)23-17(15)12(11)2)10-22-18(21)13-5-7-19-8-6-13/h3-9H,10H2,1-2H3. The molecule has 23 heavy (non-hydrogen) atoms. The number of aryl methyl sites for hydroxylation is 2. The fourth-order valence-electron chi connectivity index (χ4n) is 2.36. The van der Waals surface area contributed by atoms with Gasteiger partial charge >= 0.3 is 11.6 Å². The lowest BCUT2D eigenvalue weighted by Crippen LogP contribution is -2.08. The van der Waals surface area contributed by atoms with Gasteiger partial charge in [-0.2, -0.15) is 0 Å². The van der Waals surface area contributed by atoms with Crippen LogP contribution in [-0.4, -0.2) is 11.0 Å². The molecule has 0 saturated heterocycles. The molecule has 0 unspecified atom stereocenters. The van der Waals surface area contributed by atoms with E-state index in [-0.39, 0.29) is 6.61 Å². The maximum absolute atomic E-state index is 12.0. The molecule has 0 radical (unpaired) electrons. The maximum atomic E-state index is 12.0. The molecule has 2 heterocycles. The lowest BCUT2D eigenvalue weighted by atomic mass is 10.0. The van der Waals surface area contributed by atoms with Gasteiger partial charge in [-0.05, 0) is 37.1 Å². The highest BCUT2D eigenvalue weighted by Crippen LogP contribution is 2.23. The summed E-state index contributed by atoms with van der Waals surface area (Å²) in [6, 6.07) is 8.33. The fraction of sp³-hybridized carbons (Fsp3) is 0.167. The molecule has 0 bridgehead atoms. The van der Waals surface area contributed by atoms with E-state index in [0.29, 0.717) is 16.7 Å². The molecule has 0 amide bonds. The van der Waals surface area contributed by atoms with E-state index in [1.807, 2.05) is 26.0 Å².